The second-order valence-electron chi connectivity index (χ2n) is 3.23. The molecule has 73 valence electrons. The molecule has 0 bridgehead atoms. The van der Waals surface area contributed by atoms with E-state index in [9.17, 15) is 8.42 Å². The summed E-state index contributed by atoms with van der Waals surface area (Å²) < 4.78 is 30.2. The Hall–Kier alpha value is -0.0900. The van der Waals surface area contributed by atoms with Crippen LogP contribution in [0.5, 0.6) is 0 Å². The summed E-state index contributed by atoms with van der Waals surface area (Å²) in [6.07, 6.45) is 1.70. The van der Waals surface area contributed by atoms with Gasteiger partial charge in [-0.05, 0) is 25.2 Å². The average molecular weight is 193 g/mol. The fourth-order valence-electron chi connectivity index (χ4n) is 1.03. The van der Waals surface area contributed by atoms with Crippen LogP contribution in [-0.2, 0) is 10.1 Å². The Labute approximate surface area is 74.9 Å². The van der Waals surface area contributed by atoms with E-state index < -0.39 is 15.4 Å². The quantitative estimate of drug-likeness (QED) is 0.678. The highest BCUT2D eigenvalue weighted by Gasteiger charge is 2.20. The van der Waals surface area contributed by atoms with Crippen LogP contribution in [0, 0.1) is 12.8 Å². The summed E-state index contributed by atoms with van der Waals surface area (Å²) in [5, 5.41) is -0.610. The molecule has 0 aliphatic carbocycles. The van der Waals surface area contributed by atoms with E-state index >= 15 is 0 Å². The van der Waals surface area contributed by atoms with Crippen LogP contribution in [-0.4, -0.2) is 18.2 Å². The summed E-state index contributed by atoms with van der Waals surface area (Å²) in [5.74, 6) is 0.237. The largest absolute Gasteiger partial charge is 0.285 e. The topological polar surface area (TPSA) is 54.4 Å². The van der Waals surface area contributed by atoms with Crippen molar-refractivity contribution in [3.63, 3.8) is 0 Å². The zero-order valence-corrected chi connectivity index (χ0v) is 8.47. The SMILES string of the molecule is [CH2]C(C)CCC(CC)S(=O)(=O)O. The van der Waals surface area contributed by atoms with Gasteiger partial charge in [-0.25, -0.2) is 0 Å². The van der Waals surface area contributed by atoms with Crippen LogP contribution < -0.4 is 0 Å². The molecule has 0 amide bonds. The van der Waals surface area contributed by atoms with Gasteiger partial charge in [0.25, 0.3) is 10.1 Å². The summed E-state index contributed by atoms with van der Waals surface area (Å²) in [7, 11) is -3.84. The minimum atomic E-state index is -3.84. The van der Waals surface area contributed by atoms with Crippen molar-refractivity contribution in [3.05, 3.63) is 6.92 Å². The van der Waals surface area contributed by atoms with E-state index in [0.29, 0.717) is 12.8 Å². The molecule has 0 saturated carbocycles. The van der Waals surface area contributed by atoms with Gasteiger partial charge in [0.05, 0.1) is 5.25 Å². The lowest BCUT2D eigenvalue weighted by Gasteiger charge is -2.12. The van der Waals surface area contributed by atoms with E-state index in [4.69, 9.17) is 4.55 Å². The normalized spacial score (nSPS) is 15.1. The first-order valence-electron chi connectivity index (χ1n) is 4.17. The van der Waals surface area contributed by atoms with Crippen molar-refractivity contribution >= 4 is 10.1 Å². The number of rotatable bonds is 5. The van der Waals surface area contributed by atoms with Crippen LogP contribution in [0.25, 0.3) is 0 Å². The summed E-state index contributed by atoms with van der Waals surface area (Å²) in [4.78, 5) is 0. The van der Waals surface area contributed by atoms with Gasteiger partial charge in [-0.15, -0.1) is 0 Å². The third-order valence-electron chi connectivity index (χ3n) is 1.86. The zero-order valence-electron chi connectivity index (χ0n) is 7.66. The summed E-state index contributed by atoms with van der Waals surface area (Å²) in [6, 6.07) is 0. The lowest BCUT2D eigenvalue weighted by atomic mass is 10.1. The first-order chi connectivity index (χ1) is 5.38. The third kappa shape index (κ3) is 4.72. The minimum absolute atomic E-state index is 0.237. The first-order valence-corrected chi connectivity index (χ1v) is 5.67. The van der Waals surface area contributed by atoms with E-state index in [-0.39, 0.29) is 5.92 Å². The number of hydrogen-bond acceptors (Lipinski definition) is 2. The lowest BCUT2D eigenvalue weighted by Crippen LogP contribution is -2.19. The summed E-state index contributed by atoms with van der Waals surface area (Å²) in [5.41, 5.74) is 0. The molecule has 0 fully saturated rings. The molecule has 2 unspecified atom stereocenters. The number of hydrogen-bond donors (Lipinski definition) is 1. The predicted molar refractivity (Wildman–Crippen MR) is 49.4 cm³/mol. The van der Waals surface area contributed by atoms with E-state index in [1.807, 2.05) is 6.92 Å². The Morgan fingerprint density at radius 2 is 1.92 bits per heavy atom. The molecule has 3 nitrogen and oxygen atoms in total. The Morgan fingerprint density at radius 1 is 1.42 bits per heavy atom. The molecule has 0 aromatic heterocycles. The van der Waals surface area contributed by atoms with Gasteiger partial charge in [0, 0.05) is 0 Å². The average Bonchev–Trinajstić information content (AvgIpc) is 1.85. The standard InChI is InChI=1S/C8H17O3S/c1-4-8(12(9,10)11)6-5-7(2)3/h7-8H,2,4-6H2,1,3H3,(H,9,10,11). The van der Waals surface area contributed by atoms with Gasteiger partial charge in [-0.2, -0.15) is 8.42 Å². The smallest absolute Gasteiger partial charge is 0.267 e. The highest BCUT2D eigenvalue weighted by atomic mass is 32.2. The van der Waals surface area contributed by atoms with Gasteiger partial charge in [0.2, 0.25) is 0 Å². The van der Waals surface area contributed by atoms with Crippen LogP contribution in [0.3, 0.4) is 0 Å². The van der Waals surface area contributed by atoms with Crippen molar-refractivity contribution in [2.75, 3.05) is 0 Å². The summed E-state index contributed by atoms with van der Waals surface area (Å²) >= 11 is 0. The minimum Gasteiger partial charge on any atom is -0.285 e. The highest BCUT2D eigenvalue weighted by molar-refractivity contribution is 7.86. The maximum absolute atomic E-state index is 10.7. The molecule has 0 aliphatic rings. The fraction of sp³-hybridized carbons (Fsp3) is 0.875. The van der Waals surface area contributed by atoms with E-state index in [1.165, 1.54) is 0 Å². The monoisotopic (exact) mass is 193 g/mol. The van der Waals surface area contributed by atoms with Crippen LogP contribution in [0.2, 0.25) is 0 Å². The van der Waals surface area contributed by atoms with Gasteiger partial charge in [-0.3, -0.25) is 4.55 Å². The highest BCUT2D eigenvalue weighted by Crippen LogP contribution is 2.14. The molecule has 0 spiro atoms. The Balaban J connectivity index is 4.03. The molecule has 2 atom stereocenters. The van der Waals surface area contributed by atoms with E-state index in [2.05, 4.69) is 6.92 Å². The van der Waals surface area contributed by atoms with Crippen molar-refractivity contribution in [2.45, 2.75) is 38.4 Å². The molecular weight excluding hydrogens is 176 g/mol. The van der Waals surface area contributed by atoms with Gasteiger partial charge in [0.15, 0.2) is 0 Å². The second kappa shape index (κ2) is 4.82. The third-order valence-corrected chi connectivity index (χ3v) is 3.27. The maximum Gasteiger partial charge on any atom is 0.267 e. The zero-order chi connectivity index (χ0) is 9.78. The first kappa shape index (κ1) is 11.9. The van der Waals surface area contributed by atoms with Crippen molar-refractivity contribution in [2.24, 2.45) is 5.92 Å². The molecule has 12 heavy (non-hydrogen) atoms. The van der Waals surface area contributed by atoms with Crippen molar-refractivity contribution in [1.82, 2.24) is 0 Å². The fourth-order valence-corrected chi connectivity index (χ4v) is 1.89. The maximum atomic E-state index is 10.7. The van der Waals surface area contributed by atoms with Gasteiger partial charge < -0.3 is 0 Å². The molecule has 1 N–H and O–H groups in total. The second-order valence-corrected chi connectivity index (χ2v) is 4.92. The van der Waals surface area contributed by atoms with Crippen molar-refractivity contribution in [1.29, 1.82) is 0 Å². The van der Waals surface area contributed by atoms with Crippen molar-refractivity contribution in [3.8, 4) is 0 Å². The van der Waals surface area contributed by atoms with Gasteiger partial charge in [0.1, 0.15) is 0 Å². The van der Waals surface area contributed by atoms with Crippen LogP contribution in [0.15, 0.2) is 0 Å². The molecule has 0 aromatic carbocycles. The predicted octanol–water partition coefficient (Wildman–Crippen LogP) is 1.90. The molecular formula is C8H17O3S. The Morgan fingerprint density at radius 3 is 2.17 bits per heavy atom. The molecule has 0 rings (SSSR count). The molecule has 0 aliphatic heterocycles. The van der Waals surface area contributed by atoms with Crippen LogP contribution in [0.4, 0.5) is 0 Å². The Kier molecular flexibility index (Phi) is 4.78. The molecule has 0 aromatic rings. The van der Waals surface area contributed by atoms with Gasteiger partial charge in [-0.1, -0.05) is 20.8 Å². The molecule has 1 radical (unpaired) electrons. The Bertz CT molecular complexity index is 206. The van der Waals surface area contributed by atoms with E-state index in [0.717, 1.165) is 6.42 Å². The van der Waals surface area contributed by atoms with Crippen molar-refractivity contribution < 1.29 is 13.0 Å². The van der Waals surface area contributed by atoms with Crippen LogP contribution >= 0.6 is 0 Å². The lowest BCUT2D eigenvalue weighted by molar-refractivity contribution is 0.450. The van der Waals surface area contributed by atoms with Crippen LogP contribution in [0.1, 0.15) is 33.1 Å². The van der Waals surface area contributed by atoms with Gasteiger partial charge >= 0.3 is 0 Å². The molecule has 0 saturated heterocycles. The van der Waals surface area contributed by atoms with E-state index in [1.54, 1.807) is 6.92 Å². The molecule has 0 heterocycles. The molecule has 4 heteroatoms. The summed E-state index contributed by atoms with van der Waals surface area (Å²) in [6.45, 7) is 7.43.